The van der Waals surface area contributed by atoms with Crippen molar-refractivity contribution >= 4 is 5.91 Å². The zero-order valence-electron chi connectivity index (χ0n) is 14.1. The summed E-state index contributed by atoms with van der Waals surface area (Å²) in [5.41, 5.74) is 1.27. The summed E-state index contributed by atoms with van der Waals surface area (Å²) < 4.78 is 5.55. The Morgan fingerprint density at radius 1 is 1.00 bits per heavy atom. The maximum Gasteiger partial charge on any atom is 0.258 e. The molecule has 3 heteroatoms. The maximum atomic E-state index is 12.0. The summed E-state index contributed by atoms with van der Waals surface area (Å²) in [5.74, 6) is 2.01. The Bertz CT molecular complexity index is 427. The van der Waals surface area contributed by atoms with Gasteiger partial charge in [0.25, 0.3) is 5.91 Å². The minimum Gasteiger partial charge on any atom is -0.484 e. The van der Waals surface area contributed by atoms with E-state index in [0.717, 1.165) is 5.75 Å². The molecule has 0 aliphatic carbocycles. The predicted molar refractivity (Wildman–Crippen MR) is 87.6 cm³/mol. The van der Waals surface area contributed by atoms with Crippen molar-refractivity contribution in [3.05, 3.63) is 29.8 Å². The predicted octanol–water partition coefficient (Wildman–Crippen LogP) is 3.99. The third-order valence-electron chi connectivity index (χ3n) is 3.68. The van der Waals surface area contributed by atoms with Gasteiger partial charge in [0.15, 0.2) is 6.61 Å². The van der Waals surface area contributed by atoms with Crippen LogP contribution in [0.5, 0.6) is 5.75 Å². The van der Waals surface area contributed by atoms with E-state index in [1.165, 1.54) is 5.56 Å². The van der Waals surface area contributed by atoms with E-state index in [0.29, 0.717) is 17.8 Å². The summed E-state index contributed by atoms with van der Waals surface area (Å²) in [6.07, 6.45) is 0. The highest BCUT2D eigenvalue weighted by molar-refractivity contribution is 5.77. The Hall–Kier alpha value is -1.51. The van der Waals surface area contributed by atoms with Gasteiger partial charge in [-0.3, -0.25) is 4.79 Å². The molecule has 0 heterocycles. The zero-order valence-corrected chi connectivity index (χ0v) is 14.1. The second-order valence-corrected chi connectivity index (χ2v) is 6.59. The van der Waals surface area contributed by atoms with Crippen LogP contribution < -0.4 is 10.1 Å². The van der Waals surface area contributed by atoms with Crippen molar-refractivity contribution < 1.29 is 9.53 Å². The lowest BCUT2D eigenvalue weighted by atomic mass is 9.93. The summed E-state index contributed by atoms with van der Waals surface area (Å²) in [6.45, 7) is 12.9. The standard InChI is InChI=1S/C18H29NO2/c1-12(2)15-7-9-16(10-8-15)21-11-17(20)19-18(13(3)4)14(5)6/h7-10,12-14,18H,11H2,1-6H3,(H,19,20). The molecule has 0 bridgehead atoms. The molecule has 1 aromatic carbocycles. The molecular formula is C18H29NO2. The molecule has 0 fully saturated rings. The summed E-state index contributed by atoms with van der Waals surface area (Å²) in [6, 6.07) is 8.12. The van der Waals surface area contributed by atoms with Crippen LogP contribution in [-0.2, 0) is 4.79 Å². The van der Waals surface area contributed by atoms with Gasteiger partial charge in [0.2, 0.25) is 0 Å². The summed E-state index contributed by atoms with van der Waals surface area (Å²) in [7, 11) is 0. The van der Waals surface area contributed by atoms with Crippen LogP contribution in [0.25, 0.3) is 0 Å². The molecule has 0 aliphatic heterocycles. The van der Waals surface area contributed by atoms with E-state index in [-0.39, 0.29) is 18.6 Å². The number of nitrogens with one attached hydrogen (secondary N) is 1. The van der Waals surface area contributed by atoms with Gasteiger partial charge in [0, 0.05) is 6.04 Å². The van der Waals surface area contributed by atoms with Crippen molar-refractivity contribution in [3.63, 3.8) is 0 Å². The van der Waals surface area contributed by atoms with Crippen molar-refractivity contribution in [1.29, 1.82) is 0 Å². The Morgan fingerprint density at radius 3 is 1.95 bits per heavy atom. The maximum absolute atomic E-state index is 12.0. The van der Waals surface area contributed by atoms with E-state index in [2.05, 4.69) is 46.9 Å². The molecule has 0 unspecified atom stereocenters. The van der Waals surface area contributed by atoms with Gasteiger partial charge in [-0.1, -0.05) is 53.7 Å². The van der Waals surface area contributed by atoms with Gasteiger partial charge in [-0.05, 0) is 35.4 Å². The monoisotopic (exact) mass is 291 g/mol. The first-order valence-electron chi connectivity index (χ1n) is 7.83. The molecule has 0 spiro atoms. The van der Waals surface area contributed by atoms with Crippen molar-refractivity contribution in [1.82, 2.24) is 5.32 Å². The molecule has 0 atom stereocenters. The third-order valence-corrected chi connectivity index (χ3v) is 3.68. The first-order valence-corrected chi connectivity index (χ1v) is 7.83. The van der Waals surface area contributed by atoms with E-state index >= 15 is 0 Å². The van der Waals surface area contributed by atoms with E-state index in [1.54, 1.807) is 0 Å². The molecule has 3 nitrogen and oxygen atoms in total. The van der Waals surface area contributed by atoms with Crippen LogP contribution in [0.15, 0.2) is 24.3 Å². The molecule has 0 saturated carbocycles. The SMILES string of the molecule is CC(C)c1ccc(OCC(=O)NC(C(C)C)C(C)C)cc1. The van der Waals surface area contributed by atoms with Gasteiger partial charge in [-0.2, -0.15) is 0 Å². The average molecular weight is 291 g/mol. The number of benzene rings is 1. The second kappa shape index (κ2) is 8.06. The average Bonchev–Trinajstić information content (AvgIpc) is 2.42. The van der Waals surface area contributed by atoms with Gasteiger partial charge in [-0.15, -0.1) is 0 Å². The fraction of sp³-hybridized carbons (Fsp3) is 0.611. The number of carbonyl (C=O) groups is 1. The minimum absolute atomic E-state index is 0.0599. The van der Waals surface area contributed by atoms with Crippen molar-refractivity contribution in [3.8, 4) is 5.75 Å². The molecule has 118 valence electrons. The highest BCUT2D eigenvalue weighted by Gasteiger charge is 2.19. The molecule has 1 N–H and O–H groups in total. The smallest absolute Gasteiger partial charge is 0.258 e. The minimum atomic E-state index is -0.0599. The van der Waals surface area contributed by atoms with Gasteiger partial charge >= 0.3 is 0 Å². The molecular weight excluding hydrogens is 262 g/mol. The highest BCUT2D eigenvalue weighted by Crippen LogP contribution is 2.18. The molecule has 0 saturated heterocycles. The van der Waals surface area contributed by atoms with E-state index in [9.17, 15) is 4.79 Å². The quantitative estimate of drug-likeness (QED) is 0.825. The number of amides is 1. The molecule has 1 aromatic rings. The first kappa shape index (κ1) is 17.5. The van der Waals surface area contributed by atoms with Crippen LogP contribution in [0.2, 0.25) is 0 Å². The van der Waals surface area contributed by atoms with E-state index < -0.39 is 0 Å². The largest absolute Gasteiger partial charge is 0.484 e. The van der Waals surface area contributed by atoms with Crippen LogP contribution in [0.4, 0.5) is 0 Å². The van der Waals surface area contributed by atoms with E-state index in [4.69, 9.17) is 4.74 Å². The molecule has 1 rings (SSSR count). The van der Waals surface area contributed by atoms with Crippen molar-refractivity contribution in [2.75, 3.05) is 6.61 Å². The van der Waals surface area contributed by atoms with Crippen molar-refractivity contribution in [2.24, 2.45) is 11.8 Å². The zero-order chi connectivity index (χ0) is 16.0. The Morgan fingerprint density at radius 2 is 1.52 bits per heavy atom. The number of rotatable bonds is 7. The lowest BCUT2D eigenvalue weighted by molar-refractivity contribution is -0.124. The molecule has 0 aromatic heterocycles. The van der Waals surface area contributed by atoms with Gasteiger partial charge in [-0.25, -0.2) is 0 Å². The van der Waals surface area contributed by atoms with Gasteiger partial charge < -0.3 is 10.1 Å². The molecule has 0 radical (unpaired) electrons. The molecule has 21 heavy (non-hydrogen) atoms. The number of hydrogen-bond acceptors (Lipinski definition) is 2. The lowest BCUT2D eigenvalue weighted by Crippen LogP contribution is -2.44. The first-order chi connectivity index (χ1) is 9.81. The van der Waals surface area contributed by atoms with Crippen molar-refractivity contribution in [2.45, 2.75) is 53.5 Å². The Balaban J connectivity index is 2.49. The Labute approximate surface area is 129 Å². The van der Waals surface area contributed by atoms with Crippen LogP contribution >= 0.6 is 0 Å². The Kier molecular flexibility index (Phi) is 6.73. The second-order valence-electron chi connectivity index (χ2n) is 6.59. The van der Waals surface area contributed by atoms with Crippen LogP contribution in [0.3, 0.4) is 0 Å². The number of hydrogen-bond donors (Lipinski definition) is 1. The summed E-state index contributed by atoms with van der Waals surface area (Å²) in [4.78, 5) is 12.0. The lowest BCUT2D eigenvalue weighted by Gasteiger charge is -2.26. The number of ether oxygens (including phenoxy) is 1. The summed E-state index contributed by atoms with van der Waals surface area (Å²) >= 11 is 0. The normalized spacial score (nSPS) is 11.5. The highest BCUT2D eigenvalue weighted by atomic mass is 16.5. The van der Waals surface area contributed by atoms with E-state index in [1.807, 2.05) is 24.3 Å². The van der Waals surface area contributed by atoms with Gasteiger partial charge in [0.05, 0.1) is 0 Å². The van der Waals surface area contributed by atoms with Crippen LogP contribution in [0, 0.1) is 11.8 Å². The van der Waals surface area contributed by atoms with Gasteiger partial charge in [0.1, 0.15) is 5.75 Å². The third kappa shape index (κ3) is 5.78. The fourth-order valence-corrected chi connectivity index (χ4v) is 2.43. The van der Waals surface area contributed by atoms with Crippen LogP contribution in [0.1, 0.15) is 53.0 Å². The molecule has 1 amide bonds. The molecule has 0 aliphatic rings. The van der Waals surface area contributed by atoms with Crippen LogP contribution in [-0.4, -0.2) is 18.6 Å². The number of carbonyl (C=O) groups excluding carboxylic acids is 1. The fourth-order valence-electron chi connectivity index (χ4n) is 2.43. The topological polar surface area (TPSA) is 38.3 Å². The summed E-state index contributed by atoms with van der Waals surface area (Å²) in [5, 5.41) is 3.05.